The van der Waals surface area contributed by atoms with Crippen molar-refractivity contribution in [3.05, 3.63) is 70.8 Å². The van der Waals surface area contributed by atoms with Gasteiger partial charge < -0.3 is 10.1 Å². The lowest BCUT2D eigenvalue weighted by molar-refractivity contribution is -0.129. The summed E-state index contributed by atoms with van der Waals surface area (Å²) < 4.78 is 5.46. The topological polar surface area (TPSA) is 84.5 Å². The molecule has 26 heavy (non-hydrogen) atoms. The van der Waals surface area contributed by atoms with E-state index in [0.717, 1.165) is 24.8 Å². The van der Waals surface area contributed by atoms with Crippen LogP contribution in [-0.2, 0) is 22.4 Å². The summed E-state index contributed by atoms with van der Waals surface area (Å²) in [6.07, 6.45) is 1.82. The van der Waals surface area contributed by atoms with Gasteiger partial charge in [0.05, 0.1) is 5.56 Å². The highest BCUT2D eigenvalue weighted by Gasteiger charge is 2.27. The first-order valence-corrected chi connectivity index (χ1v) is 8.49. The van der Waals surface area contributed by atoms with E-state index < -0.39 is 24.0 Å². The second-order valence-electron chi connectivity index (χ2n) is 6.10. The maximum absolute atomic E-state index is 12.6. The predicted molar refractivity (Wildman–Crippen MR) is 95.7 cm³/mol. The van der Waals surface area contributed by atoms with Crippen molar-refractivity contribution in [1.82, 2.24) is 10.6 Å². The second-order valence-corrected chi connectivity index (χ2v) is 6.10. The molecule has 0 saturated carbocycles. The van der Waals surface area contributed by atoms with E-state index in [9.17, 15) is 14.4 Å². The molecule has 0 aromatic heterocycles. The van der Waals surface area contributed by atoms with Crippen molar-refractivity contribution in [2.24, 2.45) is 0 Å². The molecule has 3 rings (SSSR count). The summed E-state index contributed by atoms with van der Waals surface area (Å²) in [5, 5.41) is 4.46. The van der Waals surface area contributed by atoms with Gasteiger partial charge in [-0.3, -0.25) is 10.1 Å². The summed E-state index contributed by atoms with van der Waals surface area (Å²) >= 11 is 0. The number of hydrogen-bond donors (Lipinski definition) is 2. The molecule has 2 N–H and O–H groups in total. The maximum atomic E-state index is 12.6. The van der Waals surface area contributed by atoms with Gasteiger partial charge in [0.25, 0.3) is 5.91 Å². The molecule has 0 unspecified atom stereocenters. The Labute approximate surface area is 151 Å². The number of rotatable bonds is 4. The summed E-state index contributed by atoms with van der Waals surface area (Å²) in [5.74, 6) is -1.30. The molecule has 0 radical (unpaired) electrons. The van der Waals surface area contributed by atoms with Crippen LogP contribution in [0.25, 0.3) is 0 Å². The molecule has 1 aliphatic rings. The van der Waals surface area contributed by atoms with Crippen LogP contribution in [0.4, 0.5) is 4.79 Å². The van der Waals surface area contributed by atoms with Gasteiger partial charge in [-0.1, -0.05) is 36.4 Å². The lowest BCUT2D eigenvalue weighted by Gasteiger charge is -2.17. The standard InChI is InChI=1S/C20H20N2O4/c1-21-20(25)22-18(23)17(14-6-3-2-4-7-14)26-19(24)16-11-10-13-8-5-9-15(13)12-16/h2-4,6-7,10-12,17H,5,8-9H2,1H3,(H2,21,22,23,25)/t17-/m1/s1. The Morgan fingerprint density at radius 3 is 2.46 bits per heavy atom. The van der Waals surface area contributed by atoms with E-state index in [4.69, 9.17) is 4.74 Å². The maximum Gasteiger partial charge on any atom is 0.339 e. The van der Waals surface area contributed by atoms with Gasteiger partial charge >= 0.3 is 12.0 Å². The molecule has 0 spiro atoms. The molecule has 1 atom stereocenters. The lowest BCUT2D eigenvalue weighted by atomic mass is 10.1. The molecule has 0 bridgehead atoms. The fourth-order valence-corrected chi connectivity index (χ4v) is 3.01. The Hall–Kier alpha value is -3.15. The first-order chi connectivity index (χ1) is 12.6. The Morgan fingerprint density at radius 1 is 1.00 bits per heavy atom. The van der Waals surface area contributed by atoms with Gasteiger partial charge in [0.2, 0.25) is 6.10 Å². The number of imide groups is 1. The third-order valence-corrected chi connectivity index (χ3v) is 4.36. The zero-order valence-corrected chi connectivity index (χ0v) is 14.5. The Balaban J connectivity index is 1.82. The van der Waals surface area contributed by atoms with E-state index in [-0.39, 0.29) is 0 Å². The second kappa shape index (κ2) is 7.82. The van der Waals surface area contributed by atoms with Crippen LogP contribution in [0.1, 0.15) is 39.6 Å². The fraction of sp³-hybridized carbons (Fsp3) is 0.250. The smallest absolute Gasteiger partial charge is 0.339 e. The summed E-state index contributed by atoms with van der Waals surface area (Å²) in [5.41, 5.74) is 3.28. The van der Waals surface area contributed by atoms with Gasteiger partial charge in [-0.2, -0.15) is 0 Å². The number of hydrogen-bond acceptors (Lipinski definition) is 4. The minimum Gasteiger partial charge on any atom is -0.444 e. The molecule has 134 valence electrons. The molecule has 3 amide bonds. The van der Waals surface area contributed by atoms with Gasteiger partial charge in [0.15, 0.2) is 0 Å². The van der Waals surface area contributed by atoms with E-state index in [0.29, 0.717) is 11.1 Å². The third-order valence-electron chi connectivity index (χ3n) is 4.36. The number of fused-ring (bicyclic) bond motifs is 1. The van der Waals surface area contributed by atoms with Gasteiger partial charge in [0.1, 0.15) is 0 Å². The zero-order valence-electron chi connectivity index (χ0n) is 14.5. The number of benzene rings is 2. The summed E-state index contributed by atoms with van der Waals surface area (Å²) in [6.45, 7) is 0. The molecule has 2 aromatic carbocycles. The van der Waals surface area contributed by atoms with Gasteiger partial charge in [0, 0.05) is 12.6 Å². The molecule has 0 heterocycles. The van der Waals surface area contributed by atoms with Crippen LogP contribution in [0.3, 0.4) is 0 Å². The monoisotopic (exact) mass is 352 g/mol. The van der Waals surface area contributed by atoms with E-state index in [1.807, 2.05) is 12.1 Å². The number of esters is 1. The highest BCUT2D eigenvalue weighted by atomic mass is 16.5. The van der Waals surface area contributed by atoms with Gasteiger partial charge in [-0.25, -0.2) is 9.59 Å². The number of aryl methyl sites for hydroxylation is 2. The molecule has 6 nitrogen and oxygen atoms in total. The van der Waals surface area contributed by atoms with Crippen molar-refractivity contribution in [3.63, 3.8) is 0 Å². The van der Waals surface area contributed by atoms with E-state index >= 15 is 0 Å². The summed E-state index contributed by atoms with van der Waals surface area (Å²) in [7, 11) is 1.40. The first kappa shape index (κ1) is 17.7. The van der Waals surface area contributed by atoms with Crippen LogP contribution in [-0.4, -0.2) is 25.0 Å². The number of carbonyl (C=O) groups excluding carboxylic acids is 3. The van der Waals surface area contributed by atoms with Crippen LogP contribution < -0.4 is 10.6 Å². The van der Waals surface area contributed by atoms with E-state index in [2.05, 4.69) is 10.6 Å². The average molecular weight is 352 g/mol. The van der Waals surface area contributed by atoms with Gasteiger partial charge in [-0.05, 0) is 42.5 Å². The van der Waals surface area contributed by atoms with Crippen molar-refractivity contribution in [2.45, 2.75) is 25.4 Å². The third kappa shape index (κ3) is 3.91. The Bertz CT molecular complexity index is 833. The van der Waals surface area contributed by atoms with E-state index in [1.54, 1.807) is 36.4 Å². The molecule has 0 fully saturated rings. The van der Waals surface area contributed by atoms with Crippen molar-refractivity contribution in [3.8, 4) is 0 Å². The largest absolute Gasteiger partial charge is 0.444 e. The Kier molecular flexibility index (Phi) is 5.31. The number of urea groups is 1. The molecule has 6 heteroatoms. The summed E-state index contributed by atoms with van der Waals surface area (Å²) in [4.78, 5) is 36.5. The highest BCUT2D eigenvalue weighted by Crippen LogP contribution is 2.25. The Morgan fingerprint density at radius 2 is 1.73 bits per heavy atom. The molecule has 2 aromatic rings. The number of nitrogens with one attached hydrogen (secondary N) is 2. The van der Waals surface area contributed by atoms with Gasteiger partial charge in [-0.15, -0.1) is 0 Å². The minimum absolute atomic E-state index is 0.402. The fourth-order valence-electron chi connectivity index (χ4n) is 3.01. The molecule has 1 aliphatic carbocycles. The normalized spacial score (nSPS) is 13.4. The molecule has 0 aliphatic heterocycles. The summed E-state index contributed by atoms with van der Waals surface area (Å²) in [6, 6.07) is 13.4. The first-order valence-electron chi connectivity index (χ1n) is 8.49. The SMILES string of the molecule is CNC(=O)NC(=O)[C@H](OC(=O)c1ccc2c(c1)CCC2)c1ccccc1. The van der Waals surface area contributed by atoms with Crippen molar-refractivity contribution < 1.29 is 19.1 Å². The zero-order chi connectivity index (χ0) is 18.5. The lowest BCUT2D eigenvalue weighted by Crippen LogP contribution is -2.41. The van der Waals surface area contributed by atoms with Crippen LogP contribution >= 0.6 is 0 Å². The van der Waals surface area contributed by atoms with E-state index in [1.165, 1.54) is 12.6 Å². The quantitative estimate of drug-likeness (QED) is 0.828. The van der Waals surface area contributed by atoms with Crippen LogP contribution in [0.15, 0.2) is 48.5 Å². The molecule has 0 saturated heterocycles. The van der Waals surface area contributed by atoms with Crippen molar-refractivity contribution >= 4 is 17.9 Å². The van der Waals surface area contributed by atoms with Crippen LogP contribution in [0.5, 0.6) is 0 Å². The highest BCUT2D eigenvalue weighted by molar-refractivity contribution is 5.99. The predicted octanol–water partition coefficient (Wildman–Crippen LogP) is 2.53. The molecular formula is C20H20N2O4. The average Bonchev–Trinajstić information content (AvgIpc) is 3.14. The minimum atomic E-state index is -1.21. The van der Waals surface area contributed by atoms with Crippen LogP contribution in [0.2, 0.25) is 0 Å². The number of carbonyl (C=O) groups is 3. The van der Waals surface area contributed by atoms with Crippen molar-refractivity contribution in [2.75, 3.05) is 7.05 Å². The molecular weight excluding hydrogens is 332 g/mol. The van der Waals surface area contributed by atoms with Crippen molar-refractivity contribution in [1.29, 1.82) is 0 Å². The number of ether oxygens (including phenoxy) is 1. The van der Waals surface area contributed by atoms with Crippen LogP contribution in [0, 0.1) is 0 Å². The number of amides is 3.